The third-order valence-electron chi connectivity index (χ3n) is 3.40. The smallest absolute Gasteiger partial charge is 0.227 e. The molecule has 0 unspecified atom stereocenters. The number of halogens is 1. The molecule has 22 heavy (non-hydrogen) atoms. The first-order valence-electron chi connectivity index (χ1n) is 7.24. The van der Waals surface area contributed by atoms with Gasteiger partial charge in [-0.15, -0.1) is 0 Å². The van der Waals surface area contributed by atoms with Gasteiger partial charge < -0.3 is 9.64 Å². The van der Waals surface area contributed by atoms with E-state index in [2.05, 4.69) is 0 Å². The summed E-state index contributed by atoms with van der Waals surface area (Å²) in [4.78, 5) is 14.3. The summed E-state index contributed by atoms with van der Waals surface area (Å²) >= 11 is 0. The molecular weight excluding hydrogens is 281 g/mol. The van der Waals surface area contributed by atoms with Gasteiger partial charge in [0.25, 0.3) is 0 Å². The molecule has 1 amide bonds. The molecule has 0 atom stereocenters. The third-order valence-corrected chi connectivity index (χ3v) is 3.40. The highest BCUT2D eigenvalue weighted by Crippen LogP contribution is 2.09. The Morgan fingerprint density at radius 3 is 2.36 bits per heavy atom. The van der Waals surface area contributed by atoms with Gasteiger partial charge in [-0.2, -0.15) is 0 Å². The van der Waals surface area contributed by atoms with Gasteiger partial charge in [0.05, 0.1) is 13.0 Å². The monoisotopic (exact) mass is 301 g/mol. The Hall–Kier alpha value is -2.20. The minimum Gasteiger partial charge on any atom is -0.383 e. The molecule has 0 aromatic heterocycles. The first-order valence-corrected chi connectivity index (χ1v) is 7.24. The second-order valence-corrected chi connectivity index (χ2v) is 5.10. The summed E-state index contributed by atoms with van der Waals surface area (Å²) in [5.74, 6) is -0.288. The molecule has 3 nitrogen and oxygen atoms in total. The number of carbonyl (C=O) groups excluding carboxylic acids is 1. The number of nitrogens with zero attached hydrogens (tertiary/aromatic N) is 1. The quantitative estimate of drug-likeness (QED) is 0.786. The van der Waals surface area contributed by atoms with Crippen LogP contribution in [0.1, 0.15) is 11.1 Å². The average Bonchev–Trinajstić information content (AvgIpc) is 2.54. The van der Waals surface area contributed by atoms with Crippen molar-refractivity contribution >= 4 is 5.91 Å². The molecule has 2 aromatic carbocycles. The zero-order chi connectivity index (χ0) is 15.8. The van der Waals surface area contributed by atoms with Crippen molar-refractivity contribution < 1.29 is 13.9 Å². The maximum absolute atomic E-state index is 12.9. The lowest BCUT2D eigenvalue weighted by atomic mass is 10.1. The van der Waals surface area contributed by atoms with Crippen molar-refractivity contribution in [2.75, 3.05) is 20.3 Å². The molecule has 0 fully saturated rings. The summed E-state index contributed by atoms with van der Waals surface area (Å²) < 4.78 is 18.0. The van der Waals surface area contributed by atoms with Crippen LogP contribution in [0, 0.1) is 5.82 Å². The Morgan fingerprint density at radius 2 is 1.73 bits per heavy atom. The number of benzene rings is 2. The van der Waals surface area contributed by atoms with E-state index in [0.717, 1.165) is 11.1 Å². The lowest BCUT2D eigenvalue weighted by molar-refractivity contribution is -0.131. The van der Waals surface area contributed by atoms with Crippen molar-refractivity contribution in [1.82, 2.24) is 4.90 Å². The van der Waals surface area contributed by atoms with E-state index in [1.54, 1.807) is 24.1 Å². The van der Waals surface area contributed by atoms with E-state index in [4.69, 9.17) is 4.74 Å². The van der Waals surface area contributed by atoms with Crippen LogP contribution < -0.4 is 0 Å². The summed E-state index contributed by atoms with van der Waals surface area (Å²) in [6, 6.07) is 15.9. The summed E-state index contributed by atoms with van der Waals surface area (Å²) in [6.45, 7) is 1.57. The predicted molar refractivity (Wildman–Crippen MR) is 83.8 cm³/mol. The van der Waals surface area contributed by atoms with Gasteiger partial charge in [0, 0.05) is 20.2 Å². The molecule has 0 bridgehead atoms. The lowest BCUT2D eigenvalue weighted by Crippen LogP contribution is -2.34. The normalized spacial score (nSPS) is 10.5. The van der Waals surface area contributed by atoms with Crippen LogP contribution in [-0.2, 0) is 22.5 Å². The molecule has 0 saturated carbocycles. The van der Waals surface area contributed by atoms with Crippen LogP contribution in [-0.4, -0.2) is 31.1 Å². The minimum atomic E-state index is -0.295. The van der Waals surface area contributed by atoms with Gasteiger partial charge in [0.15, 0.2) is 0 Å². The molecule has 0 N–H and O–H groups in total. The minimum absolute atomic E-state index is 0.00695. The second kappa shape index (κ2) is 8.29. The largest absolute Gasteiger partial charge is 0.383 e. The highest BCUT2D eigenvalue weighted by molar-refractivity contribution is 5.78. The van der Waals surface area contributed by atoms with E-state index in [-0.39, 0.29) is 18.1 Å². The van der Waals surface area contributed by atoms with Gasteiger partial charge in [-0.3, -0.25) is 4.79 Å². The standard InChI is InChI=1S/C18H20FNO2/c1-22-12-11-20(14-16-5-3-2-4-6-16)18(21)13-15-7-9-17(19)10-8-15/h2-10H,11-14H2,1H3. The lowest BCUT2D eigenvalue weighted by Gasteiger charge is -2.22. The van der Waals surface area contributed by atoms with Gasteiger partial charge in [-0.1, -0.05) is 42.5 Å². The second-order valence-electron chi connectivity index (χ2n) is 5.10. The summed E-state index contributed by atoms with van der Waals surface area (Å²) in [7, 11) is 1.62. The number of carbonyl (C=O) groups is 1. The molecule has 0 saturated heterocycles. The molecule has 0 aliphatic heterocycles. The van der Waals surface area contributed by atoms with Gasteiger partial charge in [-0.05, 0) is 23.3 Å². The van der Waals surface area contributed by atoms with Crippen LogP contribution in [0.25, 0.3) is 0 Å². The highest BCUT2D eigenvalue weighted by Gasteiger charge is 2.14. The Bertz CT molecular complexity index is 584. The Balaban J connectivity index is 2.03. The van der Waals surface area contributed by atoms with E-state index < -0.39 is 0 Å². The number of amides is 1. The Labute approximate surface area is 130 Å². The van der Waals surface area contributed by atoms with Gasteiger partial charge in [-0.25, -0.2) is 4.39 Å². The zero-order valence-electron chi connectivity index (χ0n) is 12.7. The summed E-state index contributed by atoms with van der Waals surface area (Å²) in [5.41, 5.74) is 1.88. The Kier molecular flexibility index (Phi) is 6.10. The van der Waals surface area contributed by atoms with Crippen LogP contribution >= 0.6 is 0 Å². The molecule has 4 heteroatoms. The van der Waals surface area contributed by atoms with Crippen molar-refractivity contribution in [1.29, 1.82) is 0 Å². The van der Waals surface area contributed by atoms with Crippen LogP contribution in [0.3, 0.4) is 0 Å². The molecule has 0 spiro atoms. The predicted octanol–water partition coefficient (Wildman–Crippen LogP) is 3.04. The van der Waals surface area contributed by atoms with Crippen LogP contribution in [0.15, 0.2) is 54.6 Å². The number of ether oxygens (including phenoxy) is 1. The zero-order valence-corrected chi connectivity index (χ0v) is 12.7. The van der Waals surface area contributed by atoms with Gasteiger partial charge in [0.2, 0.25) is 5.91 Å². The van der Waals surface area contributed by atoms with Crippen molar-refractivity contribution in [2.24, 2.45) is 0 Å². The van der Waals surface area contributed by atoms with Crippen LogP contribution in [0.5, 0.6) is 0 Å². The van der Waals surface area contributed by atoms with Crippen molar-refractivity contribution in [2.45, 2.75) is 13.0 Å². The van der Waals surface area contributed by atoms with E-state index in [1.165, 1.54) is 12.1 Å². The molecule has 116 valence electrons. The summed E-state index contributed by atoms with van der Waals surface area (Å²) in [6.07, 6.45) is 0.261. The first-order chi connectivity index (χ1) is 10.7. The fraction of sp³-hybridized carbons (Fsp3) is 0.278. The SMILES string of the molecule is COCCN(Cc1ccccc1)C(=O)Cc1ccc(F)cc1. The van der Waals surface area contributed by atoms with Crippen LogP contribution in [0.2, 0.25) is 0 Å². The average molecular weight is 301 g/mol. The van der Waals surface area contributed by atoms with Crippen molar-refractivity contribution in [3.05, 3.63) is 71.5 Å². The first kappa shape index (κ1) is 16.2. The molecule has 0 aliphatic carbocycles. The molecule has 2 rings (SSSR count). The maximum atomic E-state index is 12.9. The van der Waals surface area contributed by atoms with Crippen molar-refractivity contribution in [3.8, 4) is 0 Å². The van der Waals surface area contributed by atoms with E-state index >= 15 is 0 Å². The maximum Gasteiger partial charge on any atom is 0.227 e. The Morgan fingerprint density at radius 1 is 1.05 bits per heavy atom. The molecule has 0 radical (unpaired) electrons. The summed E-state index contributed by atoms with van der Waals surface area (Å²) in [5, 5.41) is 0. The van der Waals surface area contributed by atoms with Gasteiger partial charge in [0.1, 0.15) is 5.82 Å². The van der Waals surface area contributed by atoms with E-state index in [1.807, 2.05) is 30.3 Å². The van der Waals surface area contributed by atoms with E-state index in [9.17, 15) is 9.18 Å². The number of hydrogen-bond acceptors (Lipinski definition) is 2. The molecular formula is C18H20FNO2. The molecule has 0 heterocycles. The third kappa shape index (κ3) is 4.97. The van der Waals surface area contributed by atoms with Gasteiger partial charge >= 0.3 is 0 Å². The fourth-order valence-corrected chi connectivity index (χ4v) is 2.19. The molecule has 0 aliphatic rings. The molecule has 2 aromatic rings. The number of hydrogen-bond donors (Lipinski definition) is 0. The van der Waals surface area contributed by atoms with Crippen LogP contribution in [0.4, 0.5) is 4.39 Å². The van der Waals surface area contributed by atoms with E-state index in [0.29, 0.717) is 19.7 Å². The topological polar surface area (TPSA) is 29.5 Å². The van der Waals surface area contributed by atoms with Crippen molar-refractivity contribution in [3.63, 3.8) is 0 Å². The highest BCUT2D eigenvalue weighted by atomic mass is 19.1. The number of rotatable bonds is 7. The number of methoxy groups -OCH3 is 1. The fourth-order valence-electron chi connectivity index (χ4n) is 2.19.